The van der Waals surface area contributed by atoms with Gasteiger partial charge in [0.2, 0.25) is 0 Å². The van der Waals surface area contributed by atoms with Crippen molar-refractivity contribution in [3.05, 3.63) is 32.3 Å². The molecule has 0 bridgehead atoms. The maximum absolute atomic E-state index is 10.3. The Labute approximate surface area is 126 Å². The first-order valence-corrected chi connectivity index (χ1v) is 5.94. The second kappa shape index (κ2) is 6.93. The molecular formula is C11H12Cl3N2O3-. The number of hydrogen-bond donors (Lipinski definition) is 1. The quantitative estimate of drug-likeness (QED) is 0.458. The van der Waals surface area contributed by atoms with Crippen molar-refractivity contribution in [3.8, 4) is 0 Å². The predicted octanol–water partition coefficient (Wildman–Crippen LogP) is 0.329. The molecule has 1 aromatic carbocycles. The predicted molar refractivity (Wildman–Crippen MR) is 70.9 cm³/mol. The van der Waals surface area contributed by atoms with Crippen molar-refractivity contribution in [2.75, 3.05) is 5.73 Å². The van der Waals surface area contributed by atoms with Crippen molar-refractivity contribution < 1.29 is 22.1 Å². The maximum Gasteiger partial charge on any atom is 0.272 e. The number of carbonyl (C=O) groups is 1. The number of rotatable bonds is 1. The lowest BCUT2D eigenvalue weighted by Crippen LogP contribution is -3.00. The largest absolute Gasteiger partial charge is 1.00 e. The molecule has 1 aliphatic carbocycles. The Morgan fingerprint density at radius 1 is 1.21 bits per heavy atom. The lowest BCUT2D eigenvalue weighted by molar-refractivity contribution is -0.384. The highest BCUT2D eigenvalue weighted by atomic mass is 35.5. The third-order valence-corrected chi connectivity index (χ3v) is 3.44. The van der Waals surface area contributed by atoms with Crippen LogP contribution in [0.25, 0.3) is 0 Å². The fraction of sp³-hybridized carbons (Fsp3) is 0.364. The number of nitro benzene ring substituents is 1. The number of hydrogen-bond acceptors (Lipinski definition) is 4. The van der Waals surface area contributed by atoms with Crippen LogP contribution in [0, 0.1) is 22.0 Å². The minimum absolute atomic E-state index is 0. The Hall–Kier alpha value is -1.04. The first-order chi connectivity index (χ1) is 8.25. The molecule has 0 aromatic heterocycles. The van der Waals surface area contributed by atoms with Crippen molar-refractivity contribution >= 4 is 40.4 Å². The second-order valence-corrected chi connectivity index (χ2v) is 4.87. The van der Waals surface area contributed by atoms with Gasteiger partial charge < -0.3 is 18.1 Å². The van der Waals surface area contributed by atoms with Crippen LogP contribution in [-0.2, 0) is 4.79 Å². The molecule has 2 unspecified atom stereocenters. The first-order valence-electron chi connectivity index (χ1n) is 5.18. The van der Waals surface area contributed by atoms with Crippen LogP contribution in [0.2, 0.25) is 10.0 Å². The summed E-state index contributed by atoms with van der Waals surface area (Å²) in [5.74, 6) is 1.19. The van der Waals surface area contributed by atoms with Gasteiger partial charge in [-0.25, -0.2) is 0 Å². The number of halogens is 3. The molecule has 1 saturated carbocycles. The third-order valence-electron chi connectivity index (χ3n) is 2.81. The molecule has 1 aromatic rings. The van der Waals surface area contributed by atoms with Crippen LogP contribution in [0.4, 0.5) is 11.4 Å². The van der Waals surface area contributed by atoms with Gasteiger partial charge in [-0.05, 0) is 0 Å². The maximum atomic E-state index is 10.3. The number of nitrogens with two attached hydrogens (primary N) is 1. The number of Topliss-reactive ketones (excluding diaryl/α,β-unsaturated/α-hetero) is 1. The molecule has 0 heterocycles. The van der Waals surface area contributed by atoms with Crippen LogP contribution in [0.15, 0.2) is 12.1 Å². The molecule has 0 amide bonds. The summed E-state index contributed by atoms with van der Waals surface area (Å²) in [5, 5.41) is 10.4. The van der Waals surface area contributed by atoms with E-state index in [1.165, 1.54) is 0 Å². The van der Waals surface area contributed by atoms with E-state index in [9.17, 15) is 14.9 Å². The van der Waals surface area contributed by atoms with Gasteiger partial charge in [0, 0.05) is 24.0 Å². The van der Waals surface area contributed by atoms with Crippen LogP contribution >= 0.6 is 23.2 Å². The summed E-state index contributed by atoms with van der Waals surface area (Å²) in [7, 11) is 0. The lowest BCUT2D eigenvalue weighted by atomic mass is 10.3. The Morgan fingerprint density at radius 2 is 1.53 bits per heavy atom. The van der Waals surface area contributed by atoms with Crippen LogP contribution in [-0.4, -0.2) is 10.7 Å². The minimum Gasteiger partial charge on any atom is -1.00 e. The summed E-state index contributed by atoms with van der Waals surface area (Å²) in [6.45, 7) is 3.93. The molecule has 2 N–H and O–H groups in total. The van der Waals surface area contributed by atoms with Crippen LogP contribution < -0.4 is 18.1 Å². The van der Waals surface area contributed by atoms with E-state index in [-0.39, 0.29) is 33.8 Å². The molecule has 8 heteroatoms. The van der Waals surface area contributed by atoms with Gasteiger partial charge in [-0.3, -0.25) is 14.9 Å². The highest BCUT2D eigenvalue weighted by Crippen LogP contribution is 2.32. The average molecular weight is 327 g/mol. The highest BCUT2D eigenvalue weighted by Gasteiger charge is 2.40. The summed E-state index contributed by atoms with van der Waals surface area (Å²) in [6.07, 6.45) is 0. The van der Waals surface area contributed by atoms with Gasteiger partial charge >= 0.3 is 0 Å². The molecule has 2 rings (SSSR count). The van der Waals surface area contributed by atoms with Crippen molar-refractivity contribution in [1.29, 1.82) is 0 Å². The van der Waals surface area contributed by atoms with Crippen molar-refractivity contribution in [3.63, 3.8) is 0 Å². The fourth-order valence-electron chi connectivity index (χ4n) is 1.21. The minimum atomic E-state index is -0.586. The number of nitrogen functional groups attached to an aromatic ring is 1. The molecule has 106 valence electrons. The number of non-ortho nitro benzene ring substituents is 1. The molecular weight excluding hydrogens is 314 g/mol. The van der Waals surface area contributed by atoms with E-state index in [2.05, 4.69) is 0 Å². The van der Waals surface area contributed by atoms with E-state index in [0.29, 0.717) is 17.6 Å². The summed E-state index contributed by atoms with van der Waals surface area (Å²) >= 11 is 11.1. The summed E-state index contributed by atoms with van der Waals surface area (Å²) in [4.78, 5) is 19.9. The number of anilines is 1. The molecule has 19 heavy (non-hydrogen) atoms. The Balaban J connectivity index is 0.000000392. The van der Waals surface area contributed by atoms with Gasteiger partial charge in [-0.1, -0.05) is 37.0 Å². The van der Waals surface area contributed by atoms with Crippen molar-refractivity contribution in [2.24, 2.45) is 11.8 Å². The normalized spacial score (nSPS) is 19.9. The smallest absolute Gasteiger partial charge is 0.272 e. The van der Waals surface area contributed by atoms with Crippen LogP contribution in [0.5, 0.6) is 0 Å². The van der Waals surface area contributed by atoms with E-state index in [4.69, 9.17) is 28.9 Å². The molecule has 0 radical (unpaired) electrons. The van der Waals surface area contributed by atoms with E-state index in [0.717, 1.165) is 12.1 Å². The molecule has 1 aliphatic rings. The number of ketones is 1. The van der Waals surface area contributed by atoms with Gasteiger partial charge in [0.05, 0.1) is 20.7 Å². The van der Waals surface area contributed by atoms with E-state index in [1.807, 2.05) is 13.8 Å². The molecule has 0 spiro atoms. The van der Waals surface area contributed by atoms with E-state index >= 15 is 0 Å². The molecule has 1 fully saturated rings. The topological polar surface area (TPSA) is 86.2 Å². The molecule has 5 nitrogen and oxygen atoms in total. The summed E-state index contributed by atoms with van der Waals surface area (Å²) in [6, 6.07) is 2.31. The van der Waals surface area contributed by atoms with Gasteiger partial charge in [-0.15, -0.1) is 0 Å². The van der Waals surface area contributed by atoms with Crippen molar-refractivity contribution in [2.45, 2.75) is 13.8 Å². The van der Waals surface area contributed by atoms with Gasteiger partial charge in [0.15, 0.2) is 0 Å². The second-order valence-electron chi connectivity index (χ2n) is 4.06. The average Bonchev–Trinajstić information content (AvgIpc) is 2.82. The van der Waals surface area contributed by atoms with Gasteiger partial charge in [0.25, 0.3) is 5.69 Å². The standard InChI is InChI=1S/C6H4Cl2N2O2.C5H8O.ClH/c7-4-1-3(10(11)12)2-5(8)6(4)9;1-3-4(2)5(3)6;/h1-2H,9H2;3-4H,1-2H3;1H/p-1. The number of benzene rings is 1. The Bertz CT molecular complexity index is 475. The fourth-order valence-corrected chi connectivity index (χ4v) is 1.68. The third kappa shape index (κ3) is 4.53. The monoisotopic (exact) mass is 325 g/mol. The zero-order valence-electron chi connectivity index (χ0n) is 10.2. The van der Waals surface area contributed by atoms with Gasteiger partial charge in [0.1, 0.15) is 5.78 Å². The van der Waals surface area contributed by atoms with Crippen LogP contribution in [0.1, 0.15) is 13.8 Å². The number of nitrogens with zero attached hydrogens (tertiary/aromatic N) is 1. The highest BCUT2D eigenvalue weighted by molar-refractivity contribution is 6.39. The van der Waals surface area contributed by atoms with Crippen molar-refractivity contribution in [1.82, 2.24) is 0 Å². The summed E-state index contributed by atoms with van der Waals surface area (Å²) in [5.41, 5.74) is 5.35. The van der Waals surface area contributed by atoms with Gasteiger partial charge in [-0.2, -0.15) is 0 Å². The first kappa shape index (κ1) is 18.0. The zero-order chi connectivity index (χ0) is 14.0. The Kier molecular flexibility index (Phi) is 6.55. The number of nitro groups is 1. The zero-order valence-corrected chi connectivity index (χ0v) is 12.5. The number of carbonyl (C=O) groups excluding carboxylic acids is 1. The summed E-state index contributed by atoms with van der Waals surface area (Å²) < 4.78 is 0. The molecule has 0 saturated heterocycles. The van der Waals surface area contributed by atoms with Crippen LogP contribution in [0.3, 0.4) is 0 Å². The van der Waals surface area contributed by atoms with E-state index in [1.54, 1.807) is 0 Å². The molecule has 0 aliphatic heterocycles. The molecule has 2 atom stereocenters. The SMILES string of the molecule is CC1C(=O)C1C.Nc1c(Cl)cc([N+](=O)[O-])cc1Cl.[Cl-]. The van der Waals surface area contributed by atoms with E-state index < -0.39 is 4.92 Å². The lowest BCUT2D eigenvalue weighted by Gasteiger charge is -1.99. The Morgan fingerprint density at radius 3 is 1.74 bits per heavy atom.